The molecule has 1 aliphatic carbocycles. The summed E-state index contributed by atoms with van der Waals surface area (Å²) >= 11 is 0. The molecule has 0 amide bonds. The molecule has 1 aromatic rings. The lowest BCUT2D eigenvalue weighted by Gasteiger charge is -2.33. The summed E-state index contributed by atoms with van der Waals surface area (Å²) in [5.74, 6) is 0. The number of hydrogen-bond donors (Lipinski definition) is 1. The van der Waals surface area contributed by atoms with E-state index in [1.54, 1.807) is 6.07 Å². The van der Waals surface area contributed by atoms with Crippen molar-refractivity contribution in [1.82, 2.24) is 0 Å². The standard InChI is InChI=1S/C14H19N3/c1-17(12-5-3-2-4-6-12)14-9-11(10-15)7-8-13(14)16/h7-9,12H,2-6,16H2,1H3. The van der Waals surface area contributed by atoms with Gasteiger partial charge in [0.2, 0.25) is 0 Å². The number of rotatable bonds is 2. The average Bonchev–Trinajstić information content (AvgIpc) is 2.39. The third kappa shape index (κ3) is 2.52. The lowest BCUT2D eigenvalue weighted by molar-refractivity contribution is 0.428. The maximum Gasteiger partial charge on any atom is 0.0992 e. The Kier molecular flexibility index (Phi) is 3.53. The molecule has 3 heteroatoms. The lowest BCUT2D eigenvalue weighted by atomic mass is 9.94. The molecule has 1 saturated carbocycles. The third-order valence-electron chi connectivity index (χ3n) is 3.66. The molecule has 0 aliphatic heterocycles. The van der Waals surface area contributed by atoms with Gasteiger partial charge in [-0.1, -0.05) is 19.3 Å². The topological polar surface area (TPSA) is 53.0 Å². The van der Waals surface area contributed by atoms with E-state index >= 15 is 0 Å². The Balaban J connectivity index is 2.23. The van der Waals surface area contributed by atoms with Crippen LogP contribution < -0.4 is 10.6 Å². The van der Waals surface area contributed by atoms with Crippen molar-refractivity contribution >= 4 is 11.4 Å². The van der Waals surface area contributed by atoms with Crippen molar-refractivity contribution in [2.24, 2.45) is 0 Å². The molecule has 1 aliphatic rings. The zero-order valence-corrected chi connectivity index (χ0v) is 10.3. The molecule has 17 heavy (non-hydrogen) atoms. The molecular formula is C14H19N3. The second-order valence-electron chi connectivity index (χ2n) is 4.79. The molecule has 0 heterocycles. The summed E-state index contributed by atoms with van der Waals surface area (Å²) in [6.07, 6.45) is 6.40. The van der Waals surface area contributed by atoms with Crippen LogP contribution in [0.5, 0.6) is 0 Å². The number of nitrogens with zero attached hydrogens (tertiary/aromatic N) is 2. The van der Waals surface area contributed by atoms with Crippen LogP contribution >= 0.6 is 0 Å². The molecule has 2 N–H and O–H groups in total. The number of nitrogen functional groups attached to an aromatic ring is 1. The van der Waals surface area contributed by atoms with Gasteiger partial charge in [-0.25, -0.2) is 0 Å². The highest BCUT2D eigenvalue weighted by atomic mass is 15.1. The van der Waals surface area contributed by atoms with E-state index in [0.29, 0.717) is 11.6 Å². The van der Waals surface area contributed by atoms with Gasteiger partial charge in [0.15, 0.2) is 0 Å². The number of benzene rings is 1. The minimum atomic E-state index is 0.569. The Bertz CT molecular complexity index is 428. The normalized spacial score (nSPS) is 16.5. The van der Waals surface area contributed by atoms with Crippen LogP contribution in [0.2, 0.25) is 0 Å². The number of nitrogens with two attached hydrogens (primary N) is 1. The van der Waals surface area contributed by atoms with Crippen molar-refractivity contribution in [3.63, 3.8) is 0 Å². The van der Waals surface area contributed by atoms with Crippen molar-refractivity contribution in [3.8, 4) is 6.07 Å². The predicted octanol–water partition coefficient (Wildman–Crippen LogP) is 2.91. The molecule has 0 saturated heterocycles. The van der Waals surface area contributed by atoms with Crippen LogP contribution in [0.15, 0.2) is 18.2 Å². The molecule has 0 atom stereocenters. The summed E-state index contributed by atoms with van der Waals surface area (Å²) in [6.45, 7) is 0. The van der Waals surface area contributed by atoms with Gasteiger partial charge in [0, 0.05) is 13.1 Å². The molecule has 0 bridgehead atoms. The Morgan fingerprint density at radius 1 is 1.29 bits per heavy atom. The van der Waals surface area contributed by atoms with Crippen LogP contribution in [-0.2, 0) is 0 Å². The van der Waals surface area contributed by atoms with Crippen molar-refractivity contribution in [2.45, 2.75) is 38.1 Å². The summed E-state index contributed by atoms with van der Waals surface area (Å²) in [5, 5.41) is 8.94. The summed E-state index contributed by atoms with van der Waals surface area (Å²) < 4.78 is 0. The van der Waals surface area contributed by atoms with E-state index in [0.717, 1.165) is 11.4 Å². The molecule has 2 rings (SSSR count). The van der Waals surface area contributed by atoms with Gasteiger partial charge in [0.05, 0.1) is 23.0 Å². The zero-order chi connectivity index (χ0) is 12.3. The molecular weight excluding hydrogens is 210 g/mol. The van der Waals surface area contributed by atoms with Crippen LogP contribution in [0.4, 0.5) is 11.4 Å². The Morgan fingerprint density at radius 2 is 2.00 bits per heavy atom. The summed E-state index contributed by atoms with van der Waals surface area (Å²) in [6, 6.07) is 8.23. The largest absolute Gasteiger partial charge is 0.397 e. The van der Waals surface area contributed by atoms with E-state index in [-0.39, 0.29) is 0 Å². The average molecular weight is 229 g/mol. The monoisotopic (exact) mass is 229 g/mol. The van der Waals surface area contributed by atoms with Gasteiger partial charge in [0.25, 0.3) is 0 Å². The summed E-state index contributed by atoms with van der Waals surface area (Å²) in [7, 11) is 2.09. The van der Waals surface area contributed by atoms with Crippen molar-refractivity contribution < 1.29 is 0 Å². The van der Waals surface area contributed by atoms with Crippen molar-refractivity contribution in [2.75, 3.05) is 17.7 Å². The first kappa shape index (κ1) is 11.8. The third-order valence-corrected chi connectivity index (χ3v) is 3.66. The molecule has 0 aromatic heterocycles. The number of nitriles is 1. The number of hydrogen-bond acceptors (Lipinski definition) is 3. The van der Waals surface area contributed by atoms with Gasteiger partial charge in [-0.15, -0.1) is 0 Å². The highest BCUT2D eigenvalue weighted by Crippen LogP contribution is 2.30. The first-order chi connectivity index (χ1) is 8.22. The maximum atomic E-state index is 8.94. The lowest BCUT2D eigenvalue weighted by Crippen LogP contribution is -2.33. The summed E-state index contributed by atoms with van der Waals surface area (Å²) in [4.78, 5) is 2.25. The second-order valence-corrected chi connectivity index (χ2v) is 4.79. The zero-order valence-electron chi connectivity index (χ0n) is 10.3. The van der Waals surface area contributed by atoms with E-state index in [9.17, 15) is 0 Å². The van der Waals surface area contributed by atoms with Gasteiger partial charge in [-0.2, -0.15) is 5.26 Å². The first-order valence-electron chi connectivity index (χ1n) is 6.25. The van der Waals surface area contributed by atoms with E-state index < -0.39 is 0 Å². The predicted molar refractivity (Wildman–Crippen MR) is 70.8 cm³/mol. The molecule has 1 aromatic carbocycles. The first-order valence-corrected chi connectivity index (χ1v) is 6.25. The van der Waals surface area contributed by atoms with E-state index in [4.69, 9.17) is 11.0 Å². The van der Waals surface area contributed by atoms with E-state index in [1.807, 2.05) is 12.1 Å². The Morgan fingerprint density at radius 3 is 2.65 bits per heavy atom. The minimum absolute atomic E-state index is 0.569. The fourth-order valence-corrected chi connectivity index (χ4v) is 2.58. The molecule has 90 valence electrons. The maximum absolute atomic E-state index is 8.94. The smallest absolute Gasteiger partial charge is 0.0992 e. The molecule has 3 nitrogen and oxygen atoms in total. The highest BCUT2D eigenvalue weighted by Gasteiger charge is 2.19. The fraction of sp³-hybridized carbons (Fsp3) is 0.500. The van der Waals surface area contributed by atoms with Crippen molar-refractivity contribution in [3.05, 3.63) is 23.8 Å². The SMILES string of the molecule is CN(c1cc(C#N)ccc1N)C1CCCCC1. The highest BCUT2D eigenvalue weighted by molar-refractivity contribution is 5.69. The van der Waals surface area contributed by atoms with Crippen LogP contribution in [0, 0.1) is 11.3 Å². The quantitative estimate of drug-likeness (QED) is 0.793. The van der Waals surface area contributed by atoms with E-state index in [1.165, 1.54) is 32.1 Å². The Hall–Kier alpha value is -1.69. The van der Waals surface area contributed by atoms with Gasteiger partial charge >= 0.3 is 0 Å². The fourth-order valence-electron chi connectivity index (χ4n) is 2.58. The minimum Gasteiger partial charge on any atom is -0.397 e. The van der Waals surface area contributed by atoms with Gasteiger partial charge < -0.3 is 10.6 Å². The van der Waals surface area contributed by atoms with E-state index in [2.05, 4.69) is 18.0 Å². The second kappa shape index (κ2) is 5.09. The molecule has 0 spiro atoms. The molecule has 0 radical (unpaired) electrons. The van der Waals surface area contributed by atoms with Gasteiger partial charge in [-0.05, 0) is 31.0 Å². The van der Waals surface area contributed by atoms with Crippen LogP contribution in [-0.4, -0.2) is 13.1 Å². The Labute approximate surface area is 103 Å². The molecule has 0 unspecified atom stereocenters. The summed E-state index contributed by atoms with van der Waals surface area (Å²) in [5.41, 5.74) is 8.44. The van der Waals surface area contributed by atoms with Gasteiger partial charge in [-0.3, -0.25) is 0 Å². The number of anilines is 2. The molecule has 1 fully saturated rings. The van der Waals surface area contributed by atoms with Gasteiger partial charge in [0.1, 0.15) is 0 Å². The van der Waals surface area contributed by atoms with Crippen LogP contribution in [0.25, 0.3) is 0 Å². The van der Waals surface area contributed by atoms with Crippen LogP contribution in [0.1, 0.15) is 37.7 Å². The van der Waals surface area contributed by atoms with Crippen molar-refractivity contribution in [1.29, 1.82) is 5.26 Å². The van der Waals surface area contributed by atoms with Crippen LogP contribution in [0.3, 0.4) is 0 Å².